The van der Waals surface area contributed by atoms with Gasteiger partial charge in [0.05, 0.1) is 9.98 Å². The maximum Gasteiger partial charge on any atom is 0.326 e. The summed E-state index contributed by atoms with van der Waals surface area (Å²) in [5, 5.41) is 14.8. The third kappa shape index (κ3) is 4.17. The third-order valence-corrected chi connectivity index (χ3v) is 4.76. The molecule has 2 amide bonds. The summed E-state index contributed by atoms with van der Waals surface area (Å²) in [4.78, 5) is 27.1. The first-order chi connectivity index (χ1) is 9.56. The number of amides is 2. The van der Waals surface area contributed by atoms with E-state index in [0.717, 1.165) is 35.9 Å². The van der Waals surface area contributed by atoms with Crippen molar-refractivity contribution < 1.29 is 14.7 Å². The van der Waals surface area contributed by atoms with Crippen LogP contribution in [0.25, 0.3) is 0 Å². The molecule has 110 valence electrons. The average molecular weight is 362 g/mol. The molecule has 1 heterocycles. The molecule has 8 heteroatoms. The fourth-order valence-electron chi connectivity index (χ4n) is 2.44. The predicted octanol–water partition coefficient (Wildman–Crippen LogP) is 3.06. The van der Waals surface area contributed by atoms with Crippen LogP contribution in [0, 0.1) is 5.92 Å². The molecule has 1 aliphatic carbocycles. The molecule has 6 nitrogen and oxygen atoms in total. The quantitative estimate of drug-likeness (QED) is 0.768. The summed E-state index contributed by atoms with van der Waals surface area (Å²) in [5.41, 5.74) is 0. The van der Waals surface area contributed by atoms with E-state index in [-0.39, 0.29) is 5.92 Å². The highest BCUT2D eigenvalue weighted by Crippen LogP contribution is 2.27. The summed E-state index contributed by atoms with van der Waals surface area (Å²) in [5.74, 6) is -0.970. The lowest BCUT2D eigenvalue weighted by atomic mass is 9.84. The molecule has 1 aromatic rings. The molecule has 1 unspecified atom stereocenters. The fourth-order valence-corrected chi connectivity index (χ4v) is 3.54. The largest absolute Gasteiger partial charge is 0.480 e. The van der Waals surface area contributed by atoms with Crippen LogP contribution in [0.3, 0.4) is 0 Å². The van der Waals surface area contributed by atoms with Gasteiger partial charge in [0.15, 0.2) is 5.13 Å². The Morgan fingerprint density at radius 2 is 2.10 bits per heavy atom. The molecule has 1 saturated carbocycles. The van der Waals surface area contributed by atoms with Crippen molar-refractivity contribution in [1.29, 1.82) is 0 Å². The van der Waals surface area contributed by atoms with Crippen molar-refractivity contribution in [2.75, 3.05) is 5.32 Å². The Hall–Kier alpha value is -1.15. The number of carbonyl (C=O) groups excluding carboxylic acids is 1. The topological polar surface area (TPSA) is 91.3 Å². The van der Waals surface area contributed by atoms with Crippen molar-refractivity contribution in [2.45, 2.75) is 38.1 Å². The minimum absolute atomic E-state index is 0.00929. The van der Waals surface area contributed by atoms with Gasteiger partial charge in [-0.1, -0.05) is 30.6 Å². The molecule has 20 heavy (non-hydrogen) atoms. The van der Waals surface area contributed by atoms with Crippen LogP contribution >= 0.6 is 27.3 Å². The monoisotopic (exact) mass is 361 g/mol. The third-order valence-electron chi connectivity index (χ3n) is 3.37. The molecule has 0 spiro atoms. The van der Waals surface area contributed by atoms with Gasteiger partial charge in [-0.2, -0.15) is 0 Å². The minimum Gasteiger partial charge on any atom is -0.480 e. The number of thiazole rings is 1. The molecular weight excluding hydrogens is 346 g/mol. The van der Waals surface area contributed by atoms with Gasteiger partial charge >= 0.3 is 12.0 Å². The second-order valence-corrected chi connectivity index (χ2v) is 7.19. The van der Waals surface area contributed by atoms with E-state index < -0.39 is 18.0 Å². The summed E-state index contributed by atoms with van der Waals surface area (Å²) >= 11 is 4.52. The van der Waals surface area contributed by atoms with E-state index in [9.17, 15) is 14.7 Å². The van der Waals surface area contributed by atoms with Crippen LogP contribution in [0.4, 0.5) is 9.93 Å². The molecule has 1 aromatic heterocycles. The SMILES string of the molecule is O=C(Nc1ncc(Br)s1)NC(C(=O)O)C1CCCCC1. The van der Waals surface area contributed by atoms with E-state index in [0.29, 0.717) is 5.13 Å². The van der Waals surface area contributed by atoms with Crippen LogP contribution in [-0.4, -0.2) is 28.1 Å². The molecule has 1 aliphatic rings. The van der Waals surface area contributed by atoms with Gasteiger partial charge < -0.3 is 10.4 Å². The molecule has 0 saturated heterocycles. The van der Waals surface area contributed by atoms with Crippen LogP contribution in [0.2, 0.25) is 0 Å². The zero-order valence-corrected chi connectivity index (χ0v) is 13.2. The summed E-state index contributed by atoms with van der Waals surface area (Å²) in [6.45, 7) is 0. The number of aliphatic carboxylic acids is 1. The Labute approximate surface area is 129 Å². The number of hydrogen-bond acceptors (Lipinski definition) is 4. The minimum atomic E-state index is -0.979. The van der Waals surface area contributed by atoms with Gasteiger partial charge in [-0.25, -0.2) is 14.6 Å². The number of nitrogens with zero attached hydrogens (tertiary/aromatic N) is 1. The Morgan fingerprint density at radius 1 is 1.40 bits per heavy atom. The molecule has 1 atom stereocenters. The first-order valence-electron chi connectivity index (χ1n) is 6.48. The van der Waals surface area contributed by atoms with Crippen LogP contribution in [0.15, 0.2) is 9.98 Å². The van der Waals surface area contributed by atoms with Crippen molar-refractivity contribution >= 4 is 44.4 Å². The molecular formula is C12H16BrN3O3S. The van der Waals surface area contributed by atoms with Gasteiger partial charge in [0.25, 0.3) is 0 Å². The Bertz CT molecular complexity index is 488. The van der Waals surface area contributed by atoms with E-state index >= 15 is 0 Å². The van der Waals surface area contributed by atoms with Crippen molar-refractivity contribution in [3.05, 3.63) is 9.98 Å². The van der Waals surface area contributed by atoms with Crippen molar-refractivity contribution in [3.8, 4) is 0 Å². The molecule has 0 aliphatic heterocycles. The zero-order valence-electron chi connectivity index (χ0n) is 10.8. The second kappa shape index (κ2) is 7.03. The lowest BCUT2D eigenvalue weighted by Crippen LogP contribution is -2.48. The molecule has 2 rings (SSSR count). The number of rotatable bonds is 4. The van der Waals surface area contributed by atoms with E-state index in [1.165, 1.54) is 11.3 Å². The maximum atomic E-state index is 11.8. The lowest BCUT2D eigenvalue weighted by molar-refractivity contribution is -0.141. The second-order valence-electron chi connectivity index (χ2n) is 4.78. The van der Waals surface area contributed by atoms with Crippen molar-refractivity contribution in [2.24, 2.45) is 5.92 Å². The van der Waals surface area contributed by atoms with Crippen molar-refractivity contribution in [3.63, 3.8) is 0 Å². The predicted molar refractivity (Wildman–Crippen MR) is 80.0 cm³/mol. The number of anilines is 1. The van der Waals surface area contributed by atoms with Gasteiger partial charge in [-0.3, -0.25) is 5.32 Å². The highest BCUT2D eigenvalue weighted by molar-refractivity contribution is 9.11. The summed E-state index contributed by atoms with van der Waals surface area (Å²) in [6, 6.07) is -1.36. The van der Waals surface area contributed by atoms with E-state index in [2.05, 4.69) is 31.5 Å². The summed E-state index contributed by atoms with van der Waals surface area (Å²) < 4.78 is 0.801. The standard InChI is InChI=1S/C12H16BrN3O3S/c13-8-6-14-12(20-8)16-11(19)15-9(10(17)18)7-4-2-1-3-5-7/h6-7,9H,1-5H2,(H,17,18)(H2,14,15,16,19). The van der Waals surface area contributed by atoms with E-state index in [1.54, 1.807) is 6.20 Å². The highest BCUT2D eigenvalue weighted by atomic mass is 79.9. The lowest BCUT2D eigenvalue weighted by Gasteiger charge is -2.27. The van der Waals surface area contributed by atoms with Gasteiger partial charge in [0.1, 0.15) is 6.04 Å². The number of carboxylic acids is 1. The van der Waals surface area contributed by atoms with Gasteiger partial charge in [0, 0.05) is 0 Å². The number of halogens is 1. The van der Waals surface area contributed by atoms with Gasteiger partial charge in [0.2, 0.25) is 0 Å². The molecule has 0 radical (unpaired) electrons. The Balaban J connectivity index is 1.93. The van der Waals surface area contributed by atoms with Crippen LogP contribution in [-0.2, 0) is 4.79 Å². The average Bonchev–Trinajstić information content (AvgIpc) is 2.82. The zero-order chi connectivity index (χ0) is 14.5. The molecule has 1 fully saturated rings. The number of urea groups is 1. The van der Waals surface area contributed by atoms with E-state index in [1.807, 2.05) is 0 Å². The maximum absolute atomic E-state index is 11.8. The van der Waals surface area contributed by atoms with Crippen molar-refractivity contribution in [1.82, 2.24) is 10.3 Å². The normalized spacial score (nSPS) is 17.4. The summed E-state index contributed by atoms with van der Waals surface area (Å²) in [6.07, 6.45) is 6.46. The fraction of sp³-hybridized carbons (Fsp3) is 0.583. The molecule has 3 N–H and O–H groups in total. The van der Waals surface area contributed by atoms with Crippen LogP contribution in [0.1, 0.15) is 32.1 Å². The van der Waals surface area contributed by atoms with Crippen LogP contribution in [0.5, 0.6) is 0 Å². The smallest absolute Gasteiger partial charge is 0.326 e. The Morgan fingerprint density at radius 3 is 2.65 bits per heavy atom. The first kappa shape index (κ1) is 15.2. The first-order valence-corrected chi connectivity index (χ1v) is 8.09. The summed E-state index contributed by atoms with van der Waals surface area (Å²) in [7, 11) is 0. The van der Waals surface area contributed by atoms with Gasteiger partial charge in [-0.05, 0) is 34.7 Å². The van der Waals surface area contributed by atoms with E-state index in [4.69, 9.17) is 0 Å². The number of hydrogen-bond donors (Lipinski definition) is 3. The molecule has 0 bridgehead atoms. The number of carboxylic acid groups (broad SMARTS) is 1. The Kier molecular flexibility index (Phi) is 5.36. The molecule has 0 aromatic carbocycles. The number of carbonyl (C=O) groups is 2. The number of nitrogens with one attached hydrogen (secondary N) is 2. The van der Waals surface area contributed by atoms with Gasteiger partial charge in [-0.15, -0.1) is 0 Å². The van der Waals surface area contributed by atoms with Crippen LogP contribution < -0.4 is 10.6 Å². The number of aromatic nitrogens is 1. The highest BCUT2D eigenvalue weighted by Gasteiger charge is 2.30.